The van der Waals surface area contributed by atoms with Crippen LogP contribution in [0.15, 0.2) is 29.6 Å². The van der Waals surface area contributed by atoms with Crippen molar-refractivity contribution < 1.29 is 4.79 Å². The zero-order valence-corrected chi connectivity index (χ0v) is 15.9. The van der Waals surface area contributed by atoms with Gasteiger partial charge in [0.15, 0.2) is 5.13 Å². The van der Waals surface area contributed by atoms with Gasteiger partial charge in [-0.2, -0.15) is 0 Å². The number of nitrogens with zero attached hydrogens (tertiary/aromatic N) is 2. The number of aromatic nitrogens is 1. The molecule has 0 saturated carbocycles. The monoisotopic (exact) mass is 370 g/mol. The predicted octanol–water partition coefficient (Wildman–Crippen LogP) is 3.14. The molecule has 6 heteroatoms. The molecule has 3 heterocycles. The van der Waals surface area contributed by atoms with Crippen LogP contribution in [0, 0.1) is 0 Å². The van der Waals surface area contributed by atoms with Crippen molar-refractivity contribution in [3.8, 4) is 0 Å². The summed E-state index contributed by atoms with van der Waals surface area (Å²) in [5.41, 5.74) is 2.94. The number of rotatable bonds is 5. The van der Waals surface area contributed by atoms with E-state index in [9.17, 15) is 4.79 Å². The summed E-state index contributed by atoms with van der Waals surface area (Å²) in [7, 11) is 0. The van der Waals surface area contributed by atoms with Crippen molar-refractivity contribution in [3.05, 3.63) is 46.5 Å². The van der Waals surface area contributed by atoms with Gasteiger partial charge in [0.25, 0.3) is 5.91 Å². The average molecular weight is 371 g/mol. The molecule has 1 aromatic heterocycles. The fourth-order valence-corrected chi connectivity index (χ4v) is 4.65. The maximum absolute atomic E-state index is 12.6. The van der Waals surface area contributed by atoms with Crippen LogP contribution < -0.4 is 15.5 Å². The van der Waals surface area contributed by atoms with Crippen molar-refractivity contribution in [2.24, 2.45) is 0 Å². The van der Waals surface area contributed by atoms with E-state index < -0.39 is 0 Å². The number of anilines is 1. The zero-order chi connectivity index (χ0) is 17.8. The molecule has 1 unspecified atom stereocenters. The van der Waals surface area contributed by atoms with Crippen LogP contribution in [0.4, 0.5) is 5.13 Å². The van der Waals surface area contributed by atoms with E-state index in [-0.39, 0.29) is 5.91 Å². The first-order valence-electron chi connectivity index (χ1n) is 9.58. The molecule has 0 aliphatic carbocycles. The Morgan fingerprint density at radius 2 is 2.19 bits per heavy atom. The number of amides is 1. The molecule has 2 aliphatic heterocycles. The van der Waals surface area contributed by atoms with Crippen molar-refractivity contribution in [2.45, 2.75) is 38.1 Å². The Balaban J connectivity index is 1.36. The average Bonchev–Trinajstić information content (AvgIpc) is 3.38. The van der Waals surface area contributed by atoms with Gasteiger partial charge in [-0.3, -0.25) is 4.79 Å². The quantitative estimate of drug-likeness (QED) is 0.849. The number of hydrogen-bond acceptors (Lipinski definition) is 5. The number of hydrogen-bond donors (Lipinski definition) is 2. The van der Waals surface area contributed by atoms with Gasteiger partial charge in [-0.25, -0.2) is 4.98 Å². The lowest BCUT2D eigenvalue weighted by Gasteiger charge is -2.23. The Hall–Kier alpha value is -1.92. The number of piperidine rings is 1. The Morgan fingerprint density at radius 3 is 3.00 bits per heavy atom. The molecule has 138 valence electrons. The van der Waals surface area contributed by atoms with E-state index in [0.717, 1.165) is 42.6 Å². The van der Waals surface area contributed by atoms with E-state index in [2.05, 4.69) is 32.0 Å². The van der Waals surface area contributed by atoms with E-state index in [0.29, 0.717) is 12.5 Å². The maximum Gasteiger partial charge on any atom is 0.251 e. The van der Waals surface area contributed by atoms with Crippen LogP contribution in [0.2, 0.25) is 0 Å². The van der Waals surface area contributed by atoms with Crippen LogP contribution in [0.1, 0.15) is 53.2 Å². The normalized spacial score (nSPS) is 20.3. The van der Waals surface area contributed by atoms with Crippen LogP contribution in [0.5, 0.6) is 0 Å². The molecule has 26 heavy (non-hydrogen) atoms. The fourth-order valence-electron chi connectivity index (χ4n) is 3.77. The van der Waals surface area contributed by atoms with E-state index >= 15 is 0 Å². The summed E-state index contributed by atoms with van der Waals surface area (Å²) in [6, 6.07) is 8.07. The van der Waals surface area contributed by atoms with Crippen LogP contribution in [0.25, 0.3) is 0 Å². The van der Waals surface area contributed by atoms with E-state index in [1.165, 1.54) is 31.2 Å². The Labute approximate surface area is 158 Å². The summed E-state index contributed by atoms with van der Waals surface area (Å²) in [6.07, 6.45) is 4.89. The maximum atomic E-state index is 12.6. The van der Waals surface area contributed by atoms with Gasteiger partial charge >= 0.3 is 0 Å². The molecule has 2 aromatic rings. The van der Waals surface area contributed by atoms with E-state index in [4.69, 9.17) is 0 Å². The molecule has 0 bridgehead atoms. The molecule has 2 aliphatic rings. The minimum Gasteiger partial charge on any atom is -0.348 e. The third-order valence-corrected chi connectivity index (χ3v) is 6.21. The van der Waals surface area contributed by atoms with Gasteiger partial charge in [0.05, 0.1) is 12.2 Å². The standard InChI is InChI=1S/C20H26N4OS/c25-19(16-6-3-5-15(11-16)17-7-4-8-21-12-17)22-13-18-14-26-20(23-18)24-9-1-2-10-24/h3,5-6,11,14,17,21H,1-2,4,7-10,12-13H2,(H,22,25). The summed E-state index contributed by atoms with van der Waals surface area (Å²) >= 11 is 1.67. The van der Waals surface area contributed by atoms with Crippen molar-refractivity contribution in [1.82, 2.24) is 15.6 Å². The molecular weight excluding hydrogens is 344 g/mol. The SMILES string of the molecule is O=C(NCc1csc(N2CCCC2)n1)c1cccc(C2CCCNC2)c1. The van der Waals surface area contributed by atoms with Crippen molar-refractivity contribution in [1.29, 1.82) is 0 Å². The van der Waals surface area contributed by atoms with Crippen molar-refractivity contribution in [2.75, 3.05) is 31.1 Å². The number of carbonyl (C=O) groups excluding carboxylic acids is 1. The van der Waals surface area contributed by atoms with Crippen LogP contribution in [-0.4, -0.2) is 37.1 Å². The summed E-state index contributed by atoms with van der Waals surface area (Å²) in [5.74, 6) is 0.490. The topological polar surface area (TPSA) is 57.3 Å². The second kappa shape index (κ2) is 8.18. The smallest absolute Gasteiger partial charge is 0.251 e. The Bertz CT molecular complexity index is 748. The molecule has 4 rings (SSSR count). The second-order valence-corrected chi connectivity index (χ2v) is 8.00. The number of carbonyl (C=O) groups is 1. The Morgan fingerprint density at radius 1 is 1.31 bits per heavy atom. The molecule has 5 nitrogen and oxygen atoms in total. The van der Waals surface area contributed by atoms with E-state index in [1.807, 2.05) is 18.2 Å². The van der Waals surface area contributed by atoms with Crippen LogP contribution in [-0.2, 0) is 6.54 Å². The molecule has 2 saturated heterocycles. The molecule has 2 fully saturated rings. The van der Waals surface area contributed by atoms with Gasteiger partial charge in [-0.05, 0) is 55.8 Å². The first-order chi connectivity index (χ1) is 12.8. The third kappa shape index (κ3) is 4.07. The third-order valence-electron chi connectivity index (χ3n) is 5.26. The number of benzene rings is 1. The summed E-state index contributed by atoms with van der Waals surface area (Å²) < 4.78 is 0. The lowest BCUT2D eigenvalue weighted by molar-refractivity contribution is 0.0950. The highest BCUT2D eigenvalue weighted by Crippen LogP contribution is 2.25. The molecule has 1 atom stereocenters. The number of thiazole rings is 1. The zero-order valence-electron chi connectivity index (χ0n) is 15.0. The first kappa shape index (κ1) is 17.5. The predicted molar refractivity (Wildman–Crippen MR) is 106 cm³/mol. The highest BCUT2D eigenvalue weighted by molar-refractivity contribution is 7.13. The lowest BCUT2D eigenvalue weighted by atomic mass is 9.90. The van der Waals surface area contributed by atoms with Gasteiger partial charge in [-0.1, -0.05) is 12.1 Å². The van der Waals surface area contributed by atoms with Crippen LogP contribution in [0.3, 0.4) is 0 Å². The molecule has 2 N–H and O–H groups in total. The fraction of sp³-hybridized carbons (Fsp3) is 0.500. The van der Waals surface area contributed by atoms with Crippen molar-refractivity contribution >= 4 is 22.4 Å². The largest absolute Gasteiger partial charge is 0.348 e. The molecule has 0 radical (unpaired) electrons. The highest BCUT2D eigenvalue weighted by Gasteiger charge is 2.18. The Kier molecular flexibility index (Phi) is 5.51. The van der Waals surface area contributed by atoms with E-state index in [1.54, 1.807) is 11.3 Å². The van der Waals surface area contributed by atoms with Gasteiger partial charge in [0, 0.05) is 30.6 Å². The molecule has 1 amide bonds. The van der Waals surface area contributed by atoms with Crippen LogP contribution >= 0.6 is 11.3 Å². The lowest BCUT2D eigenvalue weighted by Crippen LogP contribution is -2.28. The number of nitrogens with one attached hydrogen (secondary N) is 2. The molecule has 0 spiro atoms. The first-order valence-corrected chi connectivity index (χ1v) is 10.5. The summed E-state index contributed by atoms with van der Waals surface area (Å²) in [6.45, 7) is 4.79. The summed E-state index contributed by atoms with van der Waals surface area (Å²) in [5, 5.41) is 9.60. The highest BCUT2D eigenvalue weighted by atomic mass is 32.1. The molecular formula is C20H26N4OS. The van der Waals surface area contributed by atoms with Gasteiger partial charge < -0.3 is 15.5 Å². The van der Waals surface area contributed by atoms with Gasteiger partial charge in [-0.15, -0.1) is 11.3 Å². The van der Waals surface area contributed by atoms with Crippen molar-refractivity contribution in [3.63, 3.8) is 0 Å². The minimum absolute atomic E-state index is 0.0219. The molecule has 1 aromatic carbocycles. The van der Waals surface area contributed by atoms with Gasteiger partial charge in [0.2, 0.25) is 0 Å². The second-order valence-electron chi connectivity index (χ2n) is 7.17. The minimum atomic E-state index is -0.0219. The summed E-state index contributed by atoms with van der Waals surface area (Å²) in [4.78, 5) is 19.6. The van der Waals surface area contributed by atoms with Gasteiger partial charge in [0.1, 0.15) is 0 Å².